The maximum atomic E-state index is 11.8. The summed E-state index contributed by atoms with van der Waals surface area (Å²) in [5.74, 6) is 0.651. The van der Waals surface area contributed by atoms with Crippen LogP contribution in [0.2, 0.25) is 5.02 Å². The van der Waals surface area contributed by atoms with Gasteiger partial charge in [0.1, 0.15) is 5.69 Å². The second-order valence-corrected chi connectivity index (χ2v) is 4.99. The molecule has 18 heavy (non-hydrogen) atoms. The van der Waals surface area contributed by atoms with Crippen molar-refractivity contribution < 1.29 is 4.79 Å². The highest BCUT2D eigenvalue weighted by Gasteiger charge is 2.15. The maximum Gasteiger partial charge on any atom is 0.267 e. The smallest absolute Gasteiger partial charge is 0.267 e. The molecule has 1 aliphatic heterocycles. The Morgan fingerprint density at radius 3 is 3.00 bits per heavy atom. The Bertz CT molecular complexity index is 400. The monoisotopic (exact) mass is 291 g/mol. The zero-order valence-corrected chi connectivity index (χ0v) is 12.0. The number of hydrogen-bond acceptors (Lipinski definition) is 2. The first-order valence-corrected chi connectivity index (χ1v) is 6.35. The van der Waals surface area contributed by atoms with Gasteiger partial charge in [0.05, 0.1) is 5.02 Å². The molecule has 1 aliphatic rings. The molecule has 1 aromatic rings. The van der Waals surface area contributed by atoms with Crippen molar-refractivity contribution in [3.05, 3.63) is 23.0 Å². The highest BCUT2D eigenvalue weighted by Crippen LogP contribution is 2.13. The number of rotatable bonds is 4. The van der Waals surface area contributed by atoms with Crippen LogP contribution in [0, 0.1) is 5.92 Å². The van der Waals surface area contributed by atoms with Gasteiger partial charge in [-0.15, -0.1) is 12.4 Å². The van der Waals surface area contributed by atoms with Gasteiger partial charge in [-0.1, -0.05) is 11.6 Å². The zero-order chi connectivity index (χ0) is 12.3. The van der Waals surface area contributed by atoms with Crippen LogP contribution in [-0.4, -0.2) is 30.1 Å². The molecule has 1 fully saturated rings. The van der Waals surface area contributed by atoms with Crippen molar-refractivity contribution in [3.8, 4) is 0 Å². The third-order valence-electron chi connectivity index (χ3n) is 3.20. The van der Waals surface area contributed by atoms with E-state index in [4.69, 9.17) is 11.6 Å². The predicted molar refractivity (Wildman–Crippen MR) is 75.6 cm³/mol. The molecule has 1 atom stereocenters. The molecule has 0 aromatic carbocycles. The van der Waals surface area contributed by atoms with Gasteiger partial charge < -0.3 is 15.2 Å². The van der Waals surface area contributed by atoms with E-state index >= 15 is 0 Å². The minimum Gasteiger partial charge on any atom is -0.351 e. The van der Waals surface area contributed by atoms with Crippen molar-refractivity contribution in [3.63, 3.8) is 0 Å². The van der Waals surface area contributed by atoms with Crippen LogP contribution in [0.5, 0.6) is 0 Å². The van der Waals surface area contributed by atoms with E-state index in [1.807, 2.05) is 7.05 Å². The minimum atomic E-state index is -0.0506. The van der Waals surface area contributed by atoms with Crippen LogP contribution in [0.1, 0.15) is 23.3 Å². The lowest BCUT2D eigenvalue weighted by molar-refractivity contribution is 0.0943. The maximum absolute atomic E-state index is 11.8. The van der Waals surface area contributed by atoms with E-state index in [1.54, 1.807) is 16.8 Å². The number of nitrogens with one attached hydrogen (secondary N) is 2. The zero-order valence-electron chi connectivity index (χ0n) is 10.4. The van der Waals surface area contributed by atoms with Crippen molar-refractivity contribution in [2.75, 3.05) is 19.6 Å². The molecule has 1 unspecified atom stereocenters. The van der Waals surface area contributed by atoms with Gasteiger partial charge in [-0.2, -0.15) is 0 Å². The van der Waals surface area contributed by atoms with Crippen LogP contribution in [0.3, 0.4) is 0 Å². The molecule has 1 aromatic heterocycles. The van der Waals surface area contributed by atoms with E-state index in [1.165, 1.54) is 6.42 Å². The molecule has 2 N–H and O–H groups in total. The number of amides is 1. The molecule has 0 bridgehead atoms. The van der Waals surface area contributed by atoms with E-state index in [0.717, 1.165) is 26.1 Å². The molecule has 0 radical (unpaired) electrons. The number of nitrogens with zero attached hydrogens (tertiary/aromatic N) is 1. The Hall–Kier alpha value is -0.710. The van der Waals surface area contributed by atoms with Gasteiger partial charge in [0.25, 0.3) is 5.91 Å². The Balaban J connectivity index is 0.00000162. The van der Waals surface area contributed by atoms with Crippen molar-refractivity contribution in [2.24, 2.45) is 13.0 Å². The molecule has 1 saturated heterocycles. The fraction of sp³-hybridized carbons (Fsp3) is 0.583. The number of hydrogen-bond donors (Lipinski definition) is 2. The average molecular weight is 292 g/mol. The second-order valence-electron chi connectivity index (χ2n) is 4.56. The average Bonchev–Trinajstić information content (AvgIpc) is 2.88. The van der Waals surface area contributed by atoms with Gasteiger partial charge in [0.15, 0.2) is 0 Å². The van der Waals surface area contributed by atoms with E-state index in [9.17, 15) is 4.79 Å². The van der Waals surface area contributed by atoms with Crippen molar-refractivity contribution in [1.29, 1.82) is 0 Å². The number of carbonyl (C=O) groups excluding carboxylic acids is 1. The van der Waals surface area contributed by atoms with Gasteiger partial charge in [-0.3, -0.25) is 4.79 Å². The summed E-state index contributed by atoms with van der Waals surface area (Å²) in [5.41, 5.74) is 0.611. The first-order valence-electron chi connectivity index (χ1n) is 5.97. The molecule has 2 heterocycles. The van der Waals surface area contributed by atoms with Crippen LogP contribution < -0.4 is 10.6 Å². The summed E-state index contributed by atoms with van der Waals surface area (Å²) in [7, 11) is 1.82. The first-order chi connectivity index (χ1) is 8.16. The molecule has 0 spiro atoms. The summed E-state index contributed by atoms with van der Waals surface area (Å²) >= 11 is 5.84. The molecule has 102 valence electrons. The van der Waals surface area contributed by atoms with Crippen molar-refractivity contribution >= 4 is 29.9 Å². The van der Waals surface area contributed by atoms with Gasteiger partial charge in [0.2, 0.25) is 0 Å². The first kappa shape index (κ1) is 15.3. The lowest BCUT2D eigenvalue weighted by atomic mass is 10.1. The van der Waals surface area contributed by atoms with Crippen molar-refractivity contribution in [2.45, 2.75) is 12.8 Å². The van der Waals surface area contributed by atoms with Gasteiger partial charge in [-0.05, 0) is 37.9 Å². The third-order valence-corrected chi connectivity index (χ3v) is 3.41. The standard InChI is InChI=1S/C12H18ClN3O.ClH/c1-16-8-10(13)6-11(16)12(17)15-5-3-9-2-4-14-7-9;/h6,8-9,14H,2-5,7H2,1H3,(H,15,17);1H. The van der Waals surface area contributed by atoms with Gasteiger partial charge in [0, 0.05) is 19.8 Å². The van der Waals surface area contributed by atoms with E-state index in [0.29, 0.717) is 16.6 Å². The molecule has 1 amide bonds. The topological polar surface area (TPSA) is 46.1 Å². The second kappa shape index (κ2) is 7.02. The summed E-state index contributed by atoms with van der Waals surface area (Å²) in [5, 5.41) is 6.85. The summed E-state index contributed by atoms with van der Waals surface area (Å²) in [4.78, 5) is 11.8. The highest BCUT2D eigenvalue weighted by molar-refractivity contribution is 6.31. The van der Waals surface area contributed by atoms with Crippen LogP contribution in [0.25, 0.3) is 0 Å². The van der Waals surface area contributed by atoms with Gasteiger partial charge >= 0.3 is 0 Å². The van der Waals surface area contributed by atoms with Crippen LogP contribution in [0.15, 0.2) is 12.3 Å². The van der Waals surface area contributed by atoms with Gasteiger partial charge in [-0.25, -0.2) is 0 Å². The van der Waals surface area contributed by atoms with Crippen LogP contribution in [-0.2, 0) is 7.05 Å². The Kier molecular flexibility index (Phi) is 5.99. The van der Waals surface area contributed by atoms with Crippen LogP contribution in [0.4, 0.5) is 0 Å². The van der Waals surface area contributed by atoms with E-state index < -0.39 is 0 Å². The summed E-state index contributed by atoms with van der Waals surface area (Å²) in [6.45, 7) is 2.91. The summed E-state index contributed by atoms with van der Waals surface area (Å²) in [6.07, 6.45) is 3.99. The Morgan fingerprint density at radius 1 is 1.67 bits per heavy atom. The normalized spacial score (nSPS) is 18.4. The largest absolute Gasteiger partial charge is 0.351 e. The quantitative estimate of drug-likeness (QED) is 0.889. The van der Waals surface area contributed by atoms with E-state index in [-0.39, 0.29) is 18.3 Å². The lowest BCUT2D eigenvalue weighted by Gasteiger charge is -2.09. The minimum absolute atomic E-state index is 0. The summed E-state index contributed by atoms with van der Waals surface area (Å²) < 4.78 is 1.74. The SMILES string of the molecule is Cl.Cn1cc(Cl)cc1C(=O)NCCC1CCNC1. The van der Waals surface area contributed by atoms with E-state index in [2.05, 4.69) is 10.6 Å². The number of carbonyl (C=O) groups is 1. The molecule has 0 aliphatic carbocycles. The molecule has 2 rings (SSSR count). The van der Waals surface area contributed by atoms with Crippen molar-refractivity contribution in [1.82, 2.24) is 15.2 Å². The lowest BCUT2D eigenvalue weighted by Crippen LogP contribution is -2.27. The predicted octanol–water partition coefficient (Wildman–Crippen LogP) is 1.83. The molecule has 6 heteroatoms. The number of aryl methyl sites for hydroxylation is 1. The third kappa shape index (κ3) is 3.90. The molecular formula is C12H19Cl2N3O. The molecular weight excluding hydrogens is 273 g/mol. The Morgan fingerprint density at radius 2 is 2.44 bits per heavy atom. The number of halogens is 2. The van der Waals surface area contributed by atoms with Crippen LogP contribution >= 0.6 is 24.0 Å². The molecule has 4 nitrogen and oxygen atoms in total. The summed E-state index contributed by atoms with van der Waals surface area (Å²) in [6, 6.07) is 1.69. The molecule has 0 saturated carbocycles. The highest BCUT2D eigenvalue weighted by atomic mass is 35.5. The number of aromatic nitrogens is 1. The fourth-order valence-corrected chi connectivity index (χ4v) is 2.44. The Labute approximate surface area is 118 Å². The fourth-order valence-electron chi connectivity index (χ4n) is 2.19.